The van der Waals surface area contributed by atoms with Gasteiger partial charge in [-0.2, -0.15) is 5.10 Å². The second-order valence-corrected chi connectivity index (χ2v) is 15.8. The number of hydrogen-bond acceptors (Lipinski definition) is 7. The second-order valence-electron chi connectivity index (χ2n) is 14.0. The van der Waals surface area contributed by atoms with E-state index in [9.17, 15) is 17.6 Å². The van der Waals surface area contributed by atoms with Gasteiger partial charge in [-0.25, -0.2) is 26.6 Å². The van der Waals surface area contributed by atoms with Gasteiger partial charge in [0, 0.05) is 77.1 Å². The van der Waals surface area contributed by atoms with Gasteiger partial charge in [0.25, 0.3) is 10.0 Å². The topological polar surface area (TPSA) is 112 Å². The van der Waals surface area contributed by atoms with Crippen molar-refractivity contribution in [1.82, 2.24) is 28.6 Å². The number of nitrogens with zero attached hydrogens (tertiary/aromatic N) is 6. The average Bonchev–Trinajstić information content (AvgIpc) is 3.72. The molecule has 0 radical (unpaired) electrons. The fourth-order valence-electron chi connectivity index (χ4n) is 6.39. The summed E-state index contributed by atoms with van der Waals surface area (Å²) in [6, 6.07) is 19.0. The van der Waals surface area contributed by atoms with Crippen molar-refractivity contribution in [3.05, 3.63) is 120 Å². The predicted octanol–water partition coefficient (Wildman–Crippen LogP) is 7.81. The molecule has 0 aliphatic carbocycles. The molecule has 51 heavy (non-hydrogen) atoms. The van der Waals surface area contributed by atoms with Crippen molar-refractivity contribution in [2.45, 2.75) is 63.5 Å². The zero-order chi connectivity index (χ0) is 35.9. The van der Waals surface area contributed by atoms with Crippen LogP contribution in [-0.4, -0.2) is 61.8 Å². The first-order valence-electron chi connectivity index (χ1n) is 16.9. The molecule has 1 amide bonds. The molecule has 7 rings (SSSR count). The van der Waals surface area contributed by atoms with E-state index < -0.39 is 15.6 Å². The normalized spacial score (nSPS) is 14.3. The summed E-state index contributed by atoms with van der Waals surface area (Å²) in [7, 11) is -3.99. The molecule has 0 atom stereocenters. The molecule has 6 aromatic rings. The van der Waals surface area contributed by atoms with Gasteiger partial charge in [0.2, 0.25) is 0 Å². The van der Waals surface area contributed by atoms with Gasteiger partial charge in [-0.15, -0.1) is 0 Å². The van der Waals surface area contributed by atoms with Crippen molar-refractivity contribution in [1.29, 1.82) is 0 Å². The van der Waals surface area contributed by atoms with Gasteiger partial charge in [-0.05, 0) is 82.5 Å². The molecule has 0 bridgehead atoms. The molecule has 0 unspecified atom stereocenters. The van der Waals surface area contributed by atoms with E-state index in [1.54, 1.807) is 58.5 Å². The Kier molecular flexibility index (Phi) is 8.96. The summed E-state index contributed by atoms with van der Waals surface area (Å²) < 4.78 is 50.3. The Labute approximate surface area is 296 Å². The van der Waals surface area contributed by atoms with Crippen LogP contribution in [0.15, 0.2) is 103 Å². The van der Waals surface area contributed by atoms with E-state index in [4.69, 9.17) is 14.7 Å². The fourth-order valence-corrected chi connectivity index (χ4v) is 7.71. The maximum atomic E-state index is 14.0. The van der Waals surface area contributed by atoms with E-state index in [2.05, 4.69) is 5.10 Å². The molecule has 2 aromatic carbocycles. The highest BCUT2D eigenvalue weighted by Crippen LogP contribution is 2.35. The van der Waals surface area contributed by atoms with E-state index in [1.165, 1.54) is 16.1 Å². The van der Waals surface area contributed by atoms with Crippen molar-refractivity contribution in [3.63, 3.8) is 0 Å². The Hall–Kier alpha value is -5.36. The van der Waals surface area contributed by atoms with E-state index in [0.29, 0.717) is 36.1 Å². The van der Waals surface area contributed by atoms with Crippen molar-refractivity contribution >= 4 is 27.1 Å². The third kappa shape index (κ3) is 7.27. The molecule has 12 heteroatoms. The van der Waals surface area contributed by atoms with Crippen LogP contribution in [0, 0.1) is 12.7 Å². The quantitative estimate of drug-likeness (QED) is 0.167. The summed E-state index contributed by atoms with van der Waals surface area (Å²) in [6.45, 7) is 9.06. The van der Waals surface area contributed by atoms with Crippen molar-refractivity contribution in [2.75, 3.05) is 13.1 Å². The number of benzene rings is 2. The van der Waals surface area contributed by atoms with Crippen molar-refractivity contribution < 1.29 is 22.3 Å². The van der Waals surface area contributed by atoms with Gasteiger partial charge in [0.15, 0.2) is 5.65 Å². The fraction of sp³-hybridized carbons (Fsp3) is 0.282. The SMILES string of the molecule is Cc1ccc(S(=O)(=O)n2cc(-c3cnn(Cc4cccc(F)c4)c3)c3cc(-c4ccc(C5CCN(C(=O)OC(C)(C)C)CC5)nc4)cnc32)cc1. The molecule has 0 N–H and O–H groups in total. The number of carbonyl (C=O) groups excluding carboxylic acids is 1. The number of aromatic nitrogens is 5. The zero-order valence-corrected chi connectivity index (χ0v) is 29.8. The number of piperidine rings is 1. The van der Waals surface area contributed by atoms with Crippen LogP contribution in [0.5, 0.6) is 0 Å². The molecule has 1 aliphatic heterocycles. The Morgan fingerprint density at radius 2 is 1.65 bits per heavy atom. The lowest BCUT2D eigenvalue weighted by Crippen LogP contribution is -2.41. The molecule has 5 heterocycles. The first-order chi connectivity index (χ1) is 24.3. The highest BCUT2D eigenvalue weighted by molar-refractivity contribution is 7.90. The minimum absolute atomic E-state index is 0.154. The van der Waals surface area contributed by atoms with Gasteiger partial charge < -0.3 is 9.64 Å². The number of halogens is 1. The summed E-state index contributed by atoms with van der Waals surface area (Å²) in [5, 5.41) is 5.14. The molecule has 1 saturated heterocycles. The first-order valence-corrected chi connectivity index (χ1v) is 18.3. The standard InChI is InChI=1S/C39H39FN6O4S/c1-26-8-11-33(12-9-26)51(48,49)46-25-35(31-22-43-45(24-31)23-27-6-5-7-32(40)18-27)34-19-30(21-42-37(34)46)29-10-13-36(41-20-29)28-14-16-44(17-15-28)38(47)50-39(2,3)4/h5-13,18-22,24-25,28H,14-17,23H2,1-4H3. The van der Waals surface area contributed by atoms with Crippen LogP contribution in [0.1, 0.15) is 56.4 Å². The van der Waals surface area contributed by atoms with Crippen LogP contribution in [0.3, 0.4) is 0 Å². The first kappa shape index (κ1) is 34.1. The Morgan fingerprint density at radius 3 is 2.33 bits per heavy atom. The number of fused-ring (bicyclic) bond motifs is 1. The number of hydrogen-bond donors (Lipinski definition) is 0. The lowest BCUT2D eigenvalue weighted by atomic mass is 9.92. The van der Waals surface area contributed by atoms with Gasteiger partial charge in [-0.1, -0.05) is 35.9 Å². The monoisotopic (exact) mass is 706 g/mol. The minimum Gasteiger partial charge on any atom is -0.444 e. The summed E-state index contributed by atoms with van der Waals surface area (Å²) in [6.07, 6.45) is 9.85. The summed E-state index contributed by atoms with van der Waals surface area (Å²) in [4.78, 5) is 23.9. The average molecular weight is 707 g/mol. The van der Waals surface area contributed by atoms with Crippen LogP contribution in [-0.2, 0) is 21.3 Å². The smallest absolute Gasteiger partial charge is 0.410 e. The van der Waals surface area contributed by atoms with E-state index in [-0.39, 0.29) is 28.4 Å². The number of rotatable bonds is 7. The van der Waals surface area contributed by atoms with Gasteiger partial charge in [0.1, 0.15) is 11.4 Å². The maximum absolute atomic E-state index is 14.0. The summed E-state index contributed by atoms with van der Waals surface area (Å²) in [5.41, 5.74) is 5.36. The molecular weight excluding hydrogens is 668 g/mol. The third-order valence-electron chi connectivity index (χ3n) is 9.05. The molecule has 1 fully saturated rings. The van der Waals surface area contributed by atoms with Crippen LogP contribution in [0.25, 0.3) is 33.3 Å². The number of amides is 1. The van der Waals surface area contributed by atoms with Crippen molar-refractivity contribution in [2.24, 2.45) is 0 Å². The van der Waals surface area contributed by atoms with E-state index in [0.717, 1.165) is 40.8 Å². The molecule has 262 valence electrons. The lowest BCUT2D eigenvalue weighted by Gasteiger charge is -2.33. The second kappa shape index (κ2) is 13.4. The zero-order valence-electron chi connectivity index (χ0n) is 29.0. The van der Waals surface area contributed by atoms with Gasteiger partial charge in [0.05, 0.1) is 17.6 Å². The highest BCUT2D eigenvalue weighted by atomic mass is 32.2. The molecule has 0 spiro atoms. The molecule has 10 nitrogen and oxygen atoms in total. The number of aryl methyl sites for hydroxylation is 1. The van der Waals surface area contributed by atoms with Crippen LogP contribution >= 0.6 is 0 Å². The molecule has 0 saturated carbocycles. The molecule has 1 aliphatic rings. The Balaban J connectivity index is 1.20. The maximum Gasteiger partial charge on any atom is 0.410 e. The van der Waals surface area contributed by atoms with E-state index >= 15 is 0 Å². The Bertz CT molecular complexity index is 2320. The highest BCUT2D eigenvalue weighted by Gasteiger charge is 2.28. The largest absolute Gasteiger partial charge is 0.444 e. The third-order valence-corrected chi connectivity index (χ3v) is 10.7. The van der Waals surface area contributed by atoms with Gasteiger partial charge >= 0.3 is 6.09 Å². The van der Waals surface area contributed by atoms with Crippen LogP contribution < -0.4 is 0 Å². The summed E-state index contributed by atoms with van der Waals surface area (Å²) >= 11 is 0. The number of likely N-dealkylation sites (tertiary alicyclic amines) is 1. The van der Waals surface area contributed by atoms with E-state index in [1.807, 2.05) is 64.4 Å². The minimum atomic E-state index is -3.99. The summed E-state index contributed by atoms with van der Waals surface area (Å²) in [5.74, 6) is -0.108. The molecular formula is C39H39FN6O4S. The number of carbonyl (C=O) groups is 1. The Morgan fingerprint density at radius 1 is 0.902 bits per heavy atom. The predicted molar refractivity (Wildman–Crippen MR) is 193 cm³/mol. The van der Waals surface area contributed by atoms with Crippen LogP contribution in [0.2, 0.25) is 0 Å². The van der Waals surface area contributed by atoms with Gasteiger partial charge in [-0.3, -0.25) is 9.67 Å². The molecule has 4 aromatic heterocycles. The lowest BCUT2D eigenvalue weighted by molar-refractivity contribution is 0.0204. The number of pyridine rings is 2. The van der Waals surface area contributed by atoms with Crippen molar-refractivity contribution in [3.8, 4) is 22.3 Å². The number of ether oxygens (including phenoxy) is 1. The van der Waals surface area contributed by atoms with Crippen LogP contribution in [0.4, 0.5) is 9.18 Å².